The fourth-order valence-corrected chi connectivity index (χ4v) is 3.94. The van der Waals surface area contributed by atoms with E-state index >= 15 is 0 Å². The number of nitrogens with two attached hydrogens (primary N) is 1. The molecule has 1 fully saturated rings. The highest BCUT2D eigenvalue weighted by Crippen LogP contribution is 2.26. The van der Waals surface area contributed by atoms with Gasteiger partial charge < -0.3 is 20.5 Å². The van der Waals surface area contributed by atoms with Crippen LogP contribution in [0.1, 0.15) is 30.5 Å². The predicted molar refractivity (Wildman–Crippen MR) is 126 cm³/mol. The predicted octanol–water partition coefficient (Wildman–Crippen LogP) is 3.97. The van der Waals surface area contributed by atoms with E-state index in [0.717, 1.165) is 41.2 Å². The lowest BCUT2D eigenvalue weighted by Gasteiger charge is -2.31. The minimum atomic E-state index is -1.26. The van der Waals surface area contributed by atoms with Gasteiger partial charge in [0.25, 0.3) is 0 Å². The van der Waals surface area contributed by atoms with Crippen molar-refractivity contribution in [2.24, 2.45) is 5.92 Å². The van der Waals surface area contributed by atoms with Gasteiger partial charge in [-0.15, -0.1) is 0 Å². The van der Waals surface area contributed by atoms with Gasteiger partial charge in [-0.05, 0) is 62.4 Å². The lowest BCUT2D eigenvalue weighted by atomic mass is 9.91. The van der Waals surface area contributed by atoms with Crippen molar-refractivity contribution in [1.82, 2.24) is 10.1 Å². The van der Waals surface area contributed by atoms with Gasteiger partial charge in [0.2, 0.25) is 0 Å². The first kappa shape index (κ1) is 24.0. The van der Waals surface area contributed by atoms with Crippen LogP contribution in [-0.2, 0) is 22.6 Å². The molecule has 8 heteroatoms. The van der Waals surface area contributed by atoms with Crippen molar-refractivity contribution >= 4 is 28.6 Å². The topological polar surface area (TPSA) is 130 Å². The van der Waals surface area contributed by atoms with Crippen LogP contribution in [0.25, 0.3) is 11.0 Å². The van der Waals surface area contributed by atoms with E-state index in [9.17, 15) is 9.59 Å². The lowest BCUT2D eigenvalue weighted by molar-refractivity contribution is -0.134. The van der Waals surface area contributed by atoms with E-state index in [4.69, 9.17) is 20.5 Å². The van der Waals surface area contributed by atoms with Crippen molar-refractivity contribution in [2.75, 3.05) is 18.8 Å². The molecular weight excluding hydrogens is 422 g/mol. The number of nitrogens with zero attached hydrogens (tertiary/aromatic N) is 2. The number of hydrogen-bond acceptors (Lipinski definition) is 6. The molecule has 0 radical (unpaired) electrons. The number of carboxylic acids is 2. The molecule has 4 rings (SSSR count). The van der Waals surface area contributed by atoms with Gasteiger partial charge in [0.05, 0.1) is 5.69 Å². The van der Waals surface area contributed by atoms with E-state index < -0.39 is 11.9 Å². The summed E-state index contributed by atoms with van der Waals surface area (Å²) in [5.74, 6) is -1.73. The summed E-state index contributed by atoms with van der Waals surface area (Å²) in [6, 6.07) is 16.6. The van der Waals surface area contributed by atoms with E-state index in [0.29, 0.717) is 12.2 Å². The molecule has 2 heterocycles. The summed E-state index contributed by atoms with van der Waals surface area (Å²) in [5, 5.41) is 21.0. The monoisotopic (exact) mass is 451 g/mol. The quantitative estimate of drug-likeness (QED) is 0.363. The average Bonchev–Trinajstić information content (AvgIpc) is 3.20. The number of piperidine rings is 1. The fraction of sp³-hybridized carbons (Fsp3) is 0.320. The van der Waals surface area contributed by atoms with E-state index in [-0.39, 0.29) is 0 Å². The Bertz CT molecular complexity index is 1070. The number of rotatable bonds is 7. The number of likely N-dealkylation sites (tertiary alicyclic amines) is 1. The summed E-state index contributed by atoms with van der Waals surface area (Å²) in [6.45, 7) is 3.45. The molecule has 1 saturated heterocycles. The summed E-state index contributed by atoms with van der Waals surface area (Å²) in [6.07, 6.45) is 5.83. The molecule has 0 aliphatic carbocycles. The summed E-state index contributed by atoms with van der Waals surface area (Å²) in [7, 11) is 0. The van der Waals surface area contributed by atoms with Crippen molar-refractivity contribution in [1.29, 1.82) is 0 Å². The number of aliphatic carboxylic acids is 2. The SMILES string of the molecule is Nc1ccc2c(CCC3CCN(Cc4ccccc4)CC3)noc2c1.O=C(O)C=CC(=O)O. The van der Waals surface area contributed by atoms with E-state index in [2.05, 4.69) is 40.4 Å². The zero-order valence-corrected chi connectivity index (χ0v) is 18.4. The second-order valence-corrected chi connectivity index (χ2v) is 8.14. The average molecular weight is 452 g/mol. The number of benzene rings is 2. The Kier molecular flexibility index (Phi) is 8.60. The molecule has 1 aromatic heterocycles. The highest BCUT2D eigenvalue weighted by molar-refractivity contribution is 5.89. The number of carboxylic acid groups (broad SMARTS) is 2. The molecule has 2 aromatic carbocycles. The van der Waals surface area contributed by atoms with Gasteiger partial charge in [-0.1, -0.05) is 35.5 Å². The minimum absolute atomic E-state index is 0.558. The van der Waals surface area contributed by atoms with Crippen LogP contribution in [-0.4, -0.2) is 45.3 Å². The largest absolute Gasteiger partial charge is 0.478 e. The van der Waals surface area contributed by atoms with E-state index in [1.54, 1.807) is 0 Å². The number of nitrogen functional groups attached to an aromatic ring is 1. The zero-order chi connectivity index (χ0) is 23.6. The van der Waals surface area contributed by atoms with Crippen molar-refractivity contribution in [3.8, 4) is 0 Å². The van der Waals surface area contributed by atoms with Crippen molar-refractivity contribution in [3.63, 3.8) is 0 Å². The molecule has 0 spiro atoms. The first-order valence-corrected chi connectivity index (χ1v) is 10.9. The van der Waals surface area contributed by atoms with Crippen LogP contribution in [0, 0.1) is 5.92 Å². The molecule has 33 heavy (non-hydrogen) atoms. The summed E-state index contributed by atoms with van der Waals surface area (Å²) in [5.41, 5.74) is 9.80. The number of fused-ring (bicyclic) bond motifs is 1. The first-order chi connectivity index (χ1) is 15.9. The fourth-order valence-electron chi connectivity index (χ4n) is 3.94. The Hall–Kier alpha value is -3.65. The number of aryl methyl sites for hydroxylation is 1. The number of aromatic nitrogens is 1. The van der Waals surface area contributed by atoms with Crippen molar-refractivity contribution in [3.05, 3.63) is 71.9 Å². The molecule has 3 aromatic rings. The van der Waals surface area contributed by atoms with E-state index in [1.807, 2.05) is 18.2 Å². The van der Waals surface area contributed by atoms with Crippen LogP contribution in [0.2, 0.25) is 0 Å². The van der Waals surface area contributed by atoms with Crippen molar-refractivity contribution in [2.45, 2.75) is 32.2 Å². The zero-order valence-electron chi connectivity index (χ0n) is 18.4. The lowest BCUT2D eigenvalue weighted by Crippen LogP contribution is -2.33. The maximum atomic E-state index is 9.55. The van der Waals surface area contributed by atoms with Gasteiger partial charge in [-0.25, -0.2) is 9.59 Å². The maximum Gasteiger partial charge on any atom is 0.328 e. The molecule has 0 atom stereocenters. The molecule has 1 aliphatic rings. The number of carbonyl (C=O) groups is 2. The third-order valence-corrected chi connectivity index (χ3v) is 5.68. The summed E-state index contributed by atoms with van der Waals surface area (Å²) in [4.78, 5) is 21.7. The maximum absolute atomic E-state index is 9.55. The Labute approximate surface area is 192 Å². The van der Waals surface area contributed by atoms with Crippen LogP contribution in [0.15, 0.2) is 65.2 Å². The van der Waals surface area contributed by atoms with Crippen molar-refractivity contribution < 1.29 is 24.3 Å². The van der Waals surface area contributed by atoms with E-state index in [1.165, 1.54) is 37.9 Å². The summed E-state index contributed by atoms with van der Waals surface area (Å²) < 4.78 is 5.41. The molecular formula is C25H29N3O5. The first-order valence-electron chi connectivity index (χ1n) is 10.9. The second kappa shape index (κ2) is 11.8. The smallest absolute Gasteiger partial charge is 0.328 e. The molecule has 174 valence electrons. The van der Waals surface area contributed by atoms with Gasteiger partial charge in [0.1, 0.15) is 0 Å². The highest BCUT2D eigenvalue weighted by atomic mass is 16.5. The van der Waals surface area contributed by atoms with Crippen LogP contribution in [0.5, 0.6) is 0 Å². The van der Waals surface area contributed by atoms with Gasteiger partial charge in [-0.3, -0.25) is 4.90 Å². The van der Waals surface area contributed by atoms with Crippen LogP contribution in [0.4, 0.5) is 5.69 Å². The Morgan fingerprint density at radius 3 is 2.36 bits per heavy atom. The van der Waals surface area contributed by atoms with Gasteiger partial charge in [0.15, 0.2) is 5.58 Å². The van der Waals surface area contributed by atoms with Gasteiger partial charge >= 0.3 is 11.9 Å². The third kappa shape index (κ3) is 7.76. The molecule has 8 nitrogen and oxygen atoms in total. The van der Waals surface area contributed by atoms with Crippen LogP contribution < -0.4 is 5.73 Å². The minimum Gasteiger partial charge on any atom is -0.478 e. The van der Waals surface area contributed by atoms with Gasteiger partial charge in [-0.2, -0.15) is 0 Å². The van der Waals surface area contributed by atoms with Gasteiger partial charge in [0, 0.05) is 35.8 Å². The molecule has 0 unspecified atom stereocenters. The molecule has 0 saturated carbocycles. The normalized spacial score (nSPS) is 14.8. The summed E-state index contributed by atoms with van der Waals surface area (Å²) >= 11 is 0. The second-order valence-electron chi connectivity index (χ2n) is 8.14. The van der Waals surface area contributed by atoms with Crippen LogP contribution in [0.3, 0.4) is 0 Å². The molecule has 1 aliphatic heterocycles. The Morgan fingerprint density at radius 2 is 1.73 bits per heavy atom. The number of anilines is 1. The molecule has 4 N–H and O–H groups in total. The highest BCUT2D eigenvalue weighted by Gasteiger charge is 2.20. The van der Waals surface area contributed by atoms with Crippen LogP contribution >= 0.6 is 0 Å². The third-order valence-electron chi connectivity index (χ3n) is 5.68. The number of hydrogen-bond donors (Lipinski definition) is 3. The Morgan fingerprint density at radius 1 is 1.06 bits per heavy atom. The molecule has 0 amide bonds. The standard InChI is InChI=1S/C21H25N3O.C4H4O4/c22-18-7-8-19-20(23-25-21(19)14-18)9-6-16-10-12-24(13-11-16)15-17-4-2-1-3-5-17;5-3(6)1-2-4(7)8/h1-5,7-8,14,16H,6,9-13,15,22H2;1-2H,(H,5,6)(H,7,8). The molecule has 0 bridgehead atoms. The Balaban J connectivity index is 0.000000331.